The smallest absolute Gasteiger partial charge is 0.262 e. The molecule has 3 aromatic carbocycles. The van der Waals surface area contributed by atoms with Crippen molar-refractivity contribution in [1.82, 2.24) is 9.97 Å². The number of anilines is 2. The van der Waals surface area contributed by atoms with E-state index in [1.165, 1.54) is 36.6 Å². The van der Waals surface area contributed by atoms with Gasteiger partial charge in [0.05, 0.1) is 29.1 Å². The van der Waals surface area contributed by atoms with Crippen molar-refractivity contribution in [1.29, 1.82) is 0 Å². The van der Waals surface area contributed by atoms with Crippen LogP contribution in [-0.4, -0.2) is 37.2 Å². The lowest BCUT2D eigenvalue weighted by Crippen LogP contribution is -2.13. The van der Waals surface area contributed by atoms with Crippen molar-refractivity contribution in [2.45, 2.75) is 10.1 Å². The summed E-state index contributed by atoms with van der Waals surface area (Å²) >= 11 is 8.60. The van der Waals surface area contributed by atoms with Crippen LogP contribution in [0.3, 0.4) is 0 Å². The Bertz CT molecular complexity index is 1740. The van der Waals surface area contributed by atoms with Crippen LogP contribution in [0.5, 0.6) is 5.75 Å². The molecule has 1 amide bonds. The van der Waals surface area contributed by atoms with Gasteiger partial charge >= 0.3 is 0 Å². The molecule has 0 aliphatic carbocycles. The van der Waals surface area contributed by atoms with Gasteiger partial charge in [-0.05, 0) is 36.4 Å². The number of nitrogens with zero attached hydrogens (tertiary/aromatic N) is 2. The lowest BCUT2D eigenvalue weighted by atomic mass is 10.2. The summed E-state index contributed by atoms with van der Waals surface area (Å²) in [7, 11) is -2.44. The fourth-order valence-corrected chi connectivity index (χ4v) is 6.14. The zero-order valence-corrected chi connectivity index (χ0v) is 22.9. The number of halogens is 1. The number of oxazole rings is 1. The van der Waals surface area contributed by atoms with E-state index in [-0.39, 0.29) is 21.8 Å². The Labute approximate surface area is 231 Å². The maximum atomic E-state index is 12.9. The third-order valence-electron chi connectivity index (χ3n) is 5.23. The molecule has 0 spiro atoms. The van der Waals surface area contributed by atoms with Crippen LogP contribution in [0.2, 0.25) is 5.02 Å². The molecule has 0 aliphatic rings. The Morgan fingerprint density at radius 1 is 1.11 bits per heavy atom. The number of thioether (sulfide) groups is 1. The van der Waals surface area contributed by atoms with Gasteiger partial charge in [0.2, 0.25) is 5.91 Å². The molecule has 38 heavy (non-hydrogen) atoms. The maximum absolute atomic E-state index is 12.9. The van der Waals surface area contributed by atoms with Gasteiger partial charge in [-0.1, -0.05) is 53.7 Å². The molecule has 13 heteroatoms. The van der Waals surface area contributed by atoms with E-state index in [2.05, 4.69) is 20.0 Å². The van der Waals surface area contributed by atoms with Crippen molar-refractivity contribution in [2.24, 2.45) is 0 Å². The SMILES string of the molecule is COc1ccccc1NS(=O)(=O)c1ccc2oc(SCC(=O)Nc3nc(-c4ccccc4Cl)cs3)nc2c1. The van der Waals surface area contributed by atoms with Gasteiger partial charge in [-0.15, -0.1) is 11.3 Å². The Hall–Kier alpha value is -3.58. The van der Waals surface area contributed by atoms with Crippen LogP contribution in [-0.2, 0) is 14.8 Å². The summed E-state index contributed by atoms with van der Waals surface area (Å²) in [6.07, 6.45) is 0. The number of ether oxygens (including phenoxy) is 1. The standard InChI is InChI=1S/C25H19ClN4O5S3/c1-34-21-9-5-4-8-18(21)30-38(32,33)15-10-11-22-19(12-15)28-25(35-22)37-14-23(31)29-24-27-20(13-36-24)16-6-2-3-7-17(16)26/h2-13,30H,14H2,1H3,(H,27,29,31). The largest absolute Gasteiger partial charge is 0.495 e. The molecule has 0 radical (unpaired) electrons. The highest BCUT2D eigenvalue weighted by Gasteiger charge is 2.19. The predicted octanol–water partition coefficient (Wildman–Crippen LogP) is 6.14. The number of fused-ring (bicyclic) bond motifs is 1. The molecular weight excluding hydrogens is 568 g/mol. The summed E-state index contributed by atoms with van der Waals surface area (Å²) < 4.78 is 39.3. The van der Waals surface area contributed by atoms with Gasteiger partial charge in [0, 0.05) is 16.0 Å². The van der Waals surface area contributed by atoms with Crippen LogP contribution in [0, 0.1) is 0 Å². The number of para-hydroxylation sites is 2. The summed E-state index contributed by atoms with van der Waals surface area (Å²) in [5, 5.41) is 5.83. The van der Waals surface area contributed by atoms with Gasteiger partial charge in [-0.3, -0.25) is 9.52 Å². The van der Waals surface area contributed by atoms with E-state index in [1.54, 1.807) is 30.3 Å². The van der Waals surface area contributed by atoms with Gasteiger partial charge in [-0.2, -0.15) is 0 Å². The number of methoxy groups -OCH3 is 1. The molecule has 0 saturated heterocycles. The first-order valence-electron chi connectivity index (χ1n) is 11.0. The second-order valence-corrected chi connectivity index (χ2v) is 11.6. The minimum atomic E-state index is -3.91. The average Bonchev–Trinajstić information content (AvgIpc) is 3.54. The number of hydrogen-bond donors (Lipinski definition) is 2. The lowest BCUT2D eigenvalue weighted by molar-refractivity contribution is -0.113. The molecule has 2 aromatic heterocycles. The van der Waals surface area contributed by atoms with Crippen molar-refractivity contribution in [3.05, 3.63) is 77.1 Å². The molecule has 9 nitrogen and oxygen atoms in total. The van der Waals surface area contributed by atoms with Crippen molar-refractivity contribution in [2.75, 3.05) is 22.9 Å². The van der Waals surface area contributed by atoms with Crippen LogP contribution in [0.4, 0.5) is 10.8 Å². The van der Waals surface area contributed by atoms with Crippen LogP contribution in [0.25, 0.3) is 22.4 Å². The second kappa shape index (κ2) is 11.0. The normalized spacial score (nSPS) is 11.4. The number of hydrogen-bond acceptors (Lipinski definition) is 9. The Morgan fingerprint density at radius 3 is 2.71 bits per heavy atom. The maximum Gasteiger partial charge on any atom is 0.262 e. The molecule has 194 valence electrons. The number of carbonyl (C=O) groups excluding carboxylic acids is 1. The van der Waals surface area contributed by atoms with Gasteiger partial charge in [0.1, 0.15) is 11.3 Å². The van der Waals surface area contributed by atoms with Gasteiger partial charge in [0.25, 0.3) is 15.2 Å². The highest BCUT2D eigenvalue weighted by atomic mass is 35.5. The van der Waals surface area contributed by atoms with Crippen molar-refractivity contribution >= 4 is 72.5 Å². The quantitative estimate of drug-likeness (QED) is 0.197. The highest BCUT2D eigenvalue weighted by Crippen LogP contribution is 2.31. The first-order chi connectivity index (χ1) is 18.3. The van der Waals surface area contributed by atoms with Crippen molar-refractivity contribution in [3.8, 4) is 17.0 Å². The number of carbonyl (C=O) groups is 1. The molecule has 0 atom stereocenters. The molecule has 0 fully saturated rings. The van der Waals surface area contributed by atoms with Crippen LogP contribution < -0.4 is 14.8 Å². The van der Waals surface area contributed by atoms with E-state index >= 15 is 0 Å². The molecule has 0 unspecified atom stereocenters. The monoisotopic (exact) mass is 586 g/mol. The zero-order valence-electron chi connectivity index (χ0n) is 19.7. The first-order valence-corrected chi connectivity index (χ1v) is 14.7. The molecule has 0 saturated carbocycles. The molecule has 0 bridgehead atoms. The van der Waals surface area contributed by atoms with Crippen LogP contribution in [0.1, 0.15) is 0 Å². The summed E-state index contributed by atoms with van der Waals surface area (Å²) in [6, 6.07) is 18.4. The van der Waals surface area contributed by atoms with E-state index in [0.29, 0.717) is 38.4 Å². The fourth-order valence-electron chi connectivity index (χ4n) is 3.45. The fraction of sp³-hybridized carbons (Fsp3) is 0.0800. The summed E-state index contributed by atoms with van der Waals surface area (Å²) in [4.78, 5) is 21.2. The number of nitrogens with one attached hydrogen (secondary N) is 2. The van der Waals surface area contributed by atoms with Crippen LogP contribution in [0.15, 0.2) is 86.6 Å². The molecular formula is C25H19ClN4O5S3. The lowest BCUT2D eigenvalue weighted by Gasteiger charge is -2.11. The van der Waals surface area contributed by atoms with Gasteiger partial charge in [0.15, 0.2) is 10.7 Å². The number of rotatable bonds is 9. The summed E-state index contributed by atoms with van der Waals surface area (Å²) in [5.41, 5.74) is 2.52. The topological polar surface area (TPSA) is 123 Å². The van der Waals surface area contributed by atoms with Gasteiger partial charge < -0.3 is 14.5 Å². The summed E-state index contributed by atoms with van der Waals surface area (Å²) in [5.74, 6) is 0.129. The van der Waals surface area contributed by atoms with Gasteiger partial charge in [-0.25, -0.2) is 18.4 Å². The Morgan fingerprint density at radius 2 is 1.89 bits per heavy atom. The summed E-state index contributed by atoms with van der Waals surface area (Å²) in [6.45, 7) is 0. The highest BCUT2D eigenvalue weighted by molar-refractivity contribution is 7.99. The predicted molar refractivity (Wildman–Crippen MR) is 150 cm³/mol. The van der Waals surface area contributed by atoms with E-state index in [4.69, 9.17) is 20.8 Å². The third kappa shape index (κ3) is 5.78. The van der Waals surface area contributed by atoms with E-state index in [1.807, 2.05) is 23.6 Å². The number of benzene rings is 3. The van der Waals surface area contributed by atoms with Crippen molar-refractivity contribution < 1.29 is 22.4 Å². The third-order valence-corrected chi connectivity index (χ3v) is 8.51. The minimum absolute atomic E-state index is 0.0107. The van der Waals surface area contributed by atoms with Crippen molar-refractivity contribution in [3.63, 3.8) is 0 Å². The number of amides is 1. The molecule has 5 aromatic rings. The Balaban J connectivity index is 1.24. The number of thiazole rings is 1. The number of sulfonamides is 1. The van der Waals surface area contributed by atoms with Crippen LogP contribution >= 0.6 is 34.7 Å². The van der Waals surface area contributed by atoms with E-state index in [0.717, 1.165) is 17.3 Å². The molecule has 0 aliphatic heterocycles. The minimum Gasteiger partial charge on any atom is -0.495 e. The molecule has 2 heterocycles. The Kier molecular flexibility index (Phi) is 7.56. The molecule has 5 rings (SSSR count). The average molecular weight is 587 g/mol. The molecule has 2 N–H and O–H groups in total. The van der Waals surface area contributed by atoms with E-state index in [9.17, 15) is 13.2 Å². The number of aromatic nitrogens is 2. The second-order valence-electron chi connectivity index (χ2n) is 7.77. The first kappa shape index (κ1) is 26.0. The zero-order chi connectivity index (χ0) is 26.7. The van der Waals surface area contributed by atoms with E-state index < -0.39 is 10.0 Å².